The lowest BCUT2D eigenvalue weighted by atomic mass is 9.56. The van der Waals surface area contributed by atoms with Gasteiger partial charge < -0.3 is 10.8 Å². The summed E-state index contributed by atoms with van der Waals surface area (Å²) in [5, 5.41) is 11.1. The van der Waals surface area contributed by atoms with Crippen molar-refractivity contribution >= 4 is 0 Å². The van der Waals surface area contributed by atoms with E-state index in [9.17, 15) is 5.11 Å². The predicted octanol–water partition coefficient (Wildman–Crippen LogP) is 3.47. The first-order chi connectivity index (χ1) is 8.53. The Hall–Kier alpha value is -0.0800. The second-order valence-corrected chi connectivity index (χ2v) is 7.16. The fourth-order valence-corrected chi connectivity index (χ4v) is 4.39. The minimum atomic E-state index is -0.456. The third-order valence-corrected chi connectivity index (χ3v) is 5.99. The van der Waals surface area contributed by atoms with Crippen LogP contribution in [-0.4, -0.2) is 17.3 Å². The second kappa shape index (κ2) is 5.50. The molecule has 2 rings (SSSR count). The van der Waals surface area contributed by atoms with E-state index >= 15 is 0 Å². The third-order valence-electron chi connectivity index (χ3n) is 5.99. The van der Waals surface area contributed by atoms with Gasteiger partial charge in [0.25, 0.3) is 0 Å². The van der Waals surface area contributed by atoms with Crippen LogP contribution in [0.3, 0.4) is 0 Å². The molecule has 2 saturated carbocycles. The fourth-order valence-electron chi connectivity index (χ4n) is 4.39. The van der Waals surface area contributed by atoms with Gasteiger partial charge in [-0.1, -0.05) is 33.1 Å². The summed E-state index contributed by atoms with van der Waals surface area (Å²) < 4.78 is 0. The minimum absolute atomic E-state index is 0.0266. The monoisotopic (exact) mass is 253 g/mol. The van der Waals surface area contributed by atoms with Crippen LogP contribution in [0.4, 0.5) is 0 Å². The highest BCUT2D eigenvalue weighted by Crippen LogP contribution is 2.52. The lowest BCUT2D eigenvalue weighted by Crippen LogP contribution is -2.55. The maximum atomic E-state index is 11.1. The maximum Gasteiger partial charge on any atom is 0.0715 e. The minimum Gasteiger partial charge on any atom is -0.389 e. The van der Waals surface area contributed by atoms with E-state index in [4.69, 9.17) is 5.73 Å². The molecule has 2 fully saturated rings. The van der Waals surface area contributed by atoms with Crippen LogP contribution in [0.1, 0.15) is 71.6 Å². The molecule has 0 aromatic carbocycles. The summed E-state index contributed by atoms with van der Waals surface area (Å²) in [6, 6.07) is 0. The van der Waals surface area contributed by atoms with E-state index in [1.807, 2.05) is 0 Å². The van der Waals surface area contributed by atoms with E-state index in [1.54, 1.807) is 0 Å². The summed E-state index contributed by atoms with van der Waals surface area (Å²) in [6.07, 6.45) is 10.4. The topological polar surface area (TPSA) is 46.2 Å². The first-order valence-corrected chi connectivity index (χ1v) is 7.95. The van der Waals surface area contributed by atoms with E-state index in [0.717, 1.165) is 37.5 Å². The van der Waals surface area contributed by atoms with Gasteiger partial charge in [0.2, 0.25) is 0 Å². The normalized spacial score (nSPS) is 36.8. The van der Waals surface area contributed by atoms with Crippen LogP contribution < -0.4 is 5.73 Å². The van der Waals surface area contributed by atoms with Gasteiger partial charge in [-0.2, -0.15) is 0 Å². The van der Waals surface area contributed by atoms with E-state index in [-0.39, 0.29) is 5.41 Å². The first kappa shape index (κ1) is 14.3. The SMILES string of the molecule is CC(C)C1CCC(CN)(C2(O)CCCCC2)CC1. The van der Waals surface area contributed by atoms with Gasteiger partial charge in [-0.05, 0) is 50.4 Å². The van der Waals surface area contributed by atoms with E-state index in [1.165, 1.54) is 32.1 Å². The van der Waals surface area contributed by atoms with Crippen molar-refractivity contribution in [2.75, 3.05) is 6.54 Å². The molecule has 2 heteroatoms. The second-order valence-electron chi connectivity index (χ2n) is 7.16. The van der Waals surface area contributed by atoms with Crippen LogP contribution in [0.2, 0.25) is 0 Å². The van der Waals surface area contributed by atoms with Gasteiger partial charge in [0.15, 0.2) is 0 Å². The fraction of sp³-hybridized carbons (Fsp3) is 1.00. The largest absolute Gasteiger partial charge is 0.389 e. The molecule has 2 aliphatic rings. The average molecular weight is 253 g/mol. The van der Waals surface area contributed by atoms with Gasteiger partial charge in [0, 0.05) is 12.0 Å². The van der Waals surface area contributed by atoms with Gasteiger partial charge in [0.1, 0.15) is 0 Å². The Morgan fingerprint density at radius 3 is 2.06 bits per heavy atom. The summed E-state index contributed by atoms with van der Waals surface area (Å²) in [6.45, 7) is 5.33. The molecule has 0 bridgehead atoms. The van der Waals surface area contributed by atoms with Crippen molar-refractivity contribution in [3.8, 4) is 0 Å². The summed E-state index contributed by atoms with van der Waals surface area (Å²) >= 11 is 0. The highest BCUT2D eigenvalue weighted by molar-refractivity contribution is 5.03. The number of aliphatic hydroxyl groups is 1. The molecule has 0 aromatic heterocycles. The van der Waals surface area contributed by atoms with Crippen molar-refractivity contribution < 1.29 is 5.11 Å². The smallest absolute Gasteiger partial charge is 0.0715 e. The highest BCUT2D eigenvalue weighted by atomic mass is 16.3. The van der Waals surface area contributed by atoms with E-state index in [0.29, 0.717) is 6.54 Å². The summed E-state index contributed by atoms with van der Waals surface area (Å²) in [5.41, 5.74) is 5.69. The lowest BCUT2D eigenvalue weighted by Gasteiger charge is -2.52. The highest BCUT2D eigenvalue weighted by Gasteiger charge is 2.50. The van der Waals surface area contributed by atoms with Gasteiger partial charge >= 0.3 is 0 Å². The molecule has 3 N–H and O–H groups in total. The molecule has 106 valence electrons. The molecular weight excluding hydrogens is 222 g/mol. The van der Waals surface area contributed by atoms with Gasteiger partial charge in [0.05, 0.1) is 5.60 Å². The van der Waals surface area contributed by atoms with Crippen LogP contribution in [0, 0.1) is 17.3 Å². The number of nitrogens with two attached hydrogens (primary N) is 1. The summed E-state index contributed by atoms with van der Waals surface area (Å²) in [7, 11) is 0. The van der Waals surface area contributed by atoms with Crippen molar-refractivity contribution in [3.05, 3.63) is 0 Å². The molecule has 0 aliphatic heterocycles. The number of hydrogen-bond acceptors (Lipinski definition) is 2. The summed E-state index contributed by atoms with van der Waals surface area (Å²) in [4.78, 5) is 0. The van der Waals surface area contributed by atoms with E-state index < -0.39 is 5.60 Å². The lowest BCUT2D eigenvalue weighted by molar-refractivity contribution is -0.128. The van der Waals surface area contributed by atoms with Crippen molar-refractivity contribution in [2.24, 2.45) is 23.0 Å². The Kier molecular flexibility index (Phi) is 4.38. The molecule has 0 unspecified atom stereocenters. The molecule has 2 nitrogen and oxygen atoms in total. The van der Waals surface area contributed by atoms with Crippen molar-refractivity contribution in [3.63, 3.8) is 0 Å². The summed E-state index contributed by atoms with van der Waals surface area (Å²) in [5.74, 6) is 1.62. The first-order valence-electron chi connectivity index (χ1n) is 7.95. The van der Waals surface area contributed by atoms with Crippen molar-refractivity contribution in [1.82, 2.24) is 0 Å². The molecule has 0 saturated heterocycles. The Labute approximate surface area is 112 Å². The molecule has 2 aliphatic carbocycles. The molecule has 0 heterocycles. The van der Waals surface area contributed by atoms with Crippen molar-refractivity contribution in [1.29, 1.82) is 0 Å². The molecule has 0 radical (unpaired) electrons. The Balaban J connectivity index is 2.08. The molecule has 0 spiro atoms. The Morgan fingerprint density at radius 2 is 1.61 bits per heavy atom. The quantitative estimate of drug-likeness (QED) is 0.809. The molecule has 0 amide bonds. The predicted molar refractivity (Wildman–Crippen MR) is 76.3 cm³/mol. The maximum absolute atomic E-state index is 11.1. The van der Waals surface area contributed by atoms with Crippen LogP contribution in [0.15, 0.2) is 0 Å². The Bertz CT molecular complexity index is 260. The van der Waals surface area contributed by atoms with Gasteiger partial charge in [-0.25, -0.2) is 0 Å². The molecular formula is C16H31NO. The molecule has 0 aromatic rings. The van der Waals surface area contributed by atoms with Gasteiger partial charge in [-0.3, -0.25) is 0 Å². The van der Waals surface area contributed by atoms with Crippen LogP contribution >= 0.6 is 0 Å². The number of hydrogen-bond donors (Lipinski definition) is 2. The van der Waals surface area contributed by atoms with Crippen molar-refractivity contribution in [2.45, 2.75) is 77.2 Å². The zero-order valence-electron chi connectivity index (χ0n) is 12.3. The molecule has 0 atom stereocenters. The van der Waals surface area contributed by atoms with Crippen LogP contribution in [0.5, 0.6) is 0 Å². The standard InChI is InChI=1S/C16H31NO/c1-13(2)14-6-10-15(12-17,11-7-14)16(18)8-4-3-5-9-16/h13-14,18H,3-12,17H2,1-2H3. The molecule has 18 heavy (non-hydrogen) atoms. The van der Waals surface area contributed by atoms with Crippen LogP contribution in [-0.2, 0) is 0 Å². The van der Waals surface area contributed by atoms with Crippen LogP contribution in [0.25, 0.3) is 0 Å². The van der Waals surface area contributed by atoms with Gasteiger partial charge in [-0.15, -0.1) is 0 Å². The number of rotatable bonds is 3. The zero-order chi connectivity index (χ0) is 13.2. The third kappa shape index (κ3) is 2.46. The average Bonchev–Trinajstić information content (AvgIpc) is 2.39. The van der Waals surface area contributed by atoms with E-state index in [2.05, 4.69) is 13.8 Å². The Morgan fingerprint density at radius 1 is 1.06 bits per heavy atom. The zero-order valence-corrected chi connectivity index (χ0v) is 12.3.